The molecule has 2 fully saturated rings. The number of hydrogen-bond donors (Lipinski definition) is 0. The maximum absolute atomic E-state index is 6.23. The van der Waals surface area contributed by atoms with Gasteiger partial charge < -0.3 is 9.64 Å². The maximum Gasteiger partial charge on any atom is 0.0579 e. The molecule has 1 aliphatic heterocycles. The van der Waals surface area contributed by atoms with E-state index in [9.17, 15) is 0 Å². The molecule has 0 radical (unpaired) electrons. The molecule has 0 bridgehead atoms. The monoisotopic (exact) mass is 380 g/mol. The van der Waals surface area contributed by atoms with E-state index in [1.54, 1.807) is 0 Å². The second kappa shape index (κ2) is 12.4. The average Bonchev–Trinajstić information content (AvgIpc) is 2.67. The molecule has 0 N–H and O–H groups in total. The van der Waals surface area contributed by atoms with Crippen molar-refractivity contribution in [3.63, 3.8) is 0 Å². The molecule has 1 saturated carbocycles. The molecular formula is C24H48N2O. The van der Waals surface area contributed by atoms with Crippen molar-refractivity contribution in [1.29, 1.82) is 0 Å². The summed E-state index contributed by atoms with van der Waals surface area (Å²) in [5.41, 5.74) is 0. The van der Waals surface area contributed by atoms with E-state index in [1.165, 1.54) is 90.5 Å². The molecule has 0 spiro atoms. The Bertz CT molecular complexity index is 373. The van der Waals surface area contributed by atoms with E-state index in [2.05, 4.69) is 44.4 Å². The van der Waals surface area contributed by atoms with E-state index >= 15 is 0 Å². The minimum Gasteiger partial charge on any atom is -0.375 e. The van der Waals surface area contributed by atoms with Crippen LogP contribution in [0.15, 0.2) is 0 Å². The first kappa shape index (κ1) is 23.2. The fourth-order valence-corrected chi connectivity index (χ4v) is 5.06. The predicted molar refractivity (Wildman–Crippen MR) is 117 cm³/mol. The molecule has 2 unspecified atom stereocenters. The van der Waals surface area contributed by atoms with Crippen LogP contribution in [-0.2, 0) is 4.74 Å². The van der Waals surface area contributed by atoms with E-state index in [-0.39, 0.29) is 0 Å². The summed E-state index contributed by atoms with van der Waals surface area (Å²) in [5.74, 6) is 1.80. The predicted octanol–water partition coefficient (Wildman–Crippen LogP) is 5.58. The van der Waals surface area contributed by atoms with Gasteiger partial charge in [-0.15, -0.1) is 0 Å². The number of piperazine rings is 1. The molecule has 1 saturated heterocycles. The van der Waals surface area contributed by atoms with Crippen LogP contribution in [0.3, 0.4) is 0 Å². The molecule has 2 rings (SSSR count). The van der Waals surface area contributed by atoms with Crippen molar-refractivity contribution in [3.8, 4) is 0 Å². The van der Waals surface area contributed by atoms with Gasteiger partial charge in [-0.2, -0.15) is 0 Å². The first-order chi connectivity index (χ1) is 13.0. The Balaban J connectivity index is 1.56. The topological polar surface area (TPSA) is 15.7 Å². The van der Waals surface area contributed by atoms with Gasteiger partial charge in [-0.05, 0) is 70.6 Å². The van der Waals surface area contributed by atoms with Gasteiger partial charge >= 0.3 is 0 Å². The molecule has 1 aliphatic carbocycles. The van der Waals surface area contributed by atoms with E-state index < -0.39 is 0 Å². The van der Waals surface area contributed by atoms with Crippen LogP contribution in [0, 0.1) is 11.8 Å². The fourth-order valence-electron chi connectivity index (χ4n) is 5.06. The van der Waals surface area contributed by atoms with E-state index in [0.717, 1.165) is 17.9 Å². The lowest BCUT2D eigenvalue weighted by molar-refractivity contribution is -0.0323. The van der Waals surface area contributed by atoms with E-state index in [4.69, 9.17) is 4.74 Å². The molecule has 0 amide bonds. The SMILES string of the molecule is CCCC(C)OC1CCC(CC[C@H](C)CN2CCN(C(C)CC)CC2)CC1. The molecule has 27 heavy (non-hydrogen) atoms. The molecule has 2 aliphatic rings. The Morgan fingerprint density at radius 2 is 1.56 bits per heavy atom. The zero-order chi connectivity index (χ0) is 19.6. The Labute approximate surface area is 170 Å². The van der Waals surface area contributed by atoms with Gasteiger partial charge in [-0.3, -0.25) is 4.90 Å². The lowest BCUT2D eigenvalue weighted by atomic mass is 9.83. The van der Waals surface area contributed by atoms with Crippen LogP contribution in [0.4, 0.5) is 0 Å². The standard InChI is InChI=1S/C24H48N2O/c1-6-8-22(5)27-24-13-11-23(12-14-24)10-9-20(3)19-25-15-17-26(18-16-25)21(4)7-2/h20-24H,6-19H2,1-5H3/t20-,21?,22?,23?,24?/m0/s1. The van der Waals surface area contributed by atoms with Crippen LogP contribution in [0.5, 0.6) is 0 Å². The highest BCUT2D eigenvalue weighted by molar-refractivity contribution is 4.78. The number of hydrogen-bond acceptors (Lipinski definition) is 3. The van der Waals surface area contributed by atoms with E-state index in [1.807, 2.05) is 0 Å². The molecule has 0 aromatic rings. The third-order valence-corrected chi connectivity index (χ3v) is 7.17. The highest BCUT2D eigenvalue weighted by Crippen LogP contribution is 2.31. The normalized spacial score (nSPS) is 28.8. The maximum atomic E-state index is 6.23. The summed E-state index contributed by atoms with van der Waals surface area (Å²) < 4.78 is 6.23. The van der Waals surface area contributed by atoms with Crippen LogP contribution >= 0.6 is 0 Å². The van der Waals surface area contributed by atoms with Gasteiger partial charge in [-0.1, -0.05) is 33.6 Å². The van der Waals surface area contributed by atoms with E-state index in [0.29, 0.717) is 12.2 Å². The minimum atomic E-state index is 0.456. The number of ether oxygens (including phenoxy) is 1. The Kier molecular flexibility index (Phi) is 10.7. The quantitative estimate of drug-likeness (QED) is 0.465. The summed E-state index contributed by atoms with van der Waals surface area (Å²) in [7, 11) is 0. The van der Waals surface area contributed by atoms with Crippen molar-refractivity contribution < 1.29 is 4.74 Å². The Morgan fingerprint density at radius 3 is 2.15 bits per heavy atom. The zero-order valence-electron chi connectivity index (χ0n) is 19.1. The summed E-state index contributed by atoms with van der Waals surface area (Å²) in [6.45, 7) is 18.0. The highest BCUT2D eigenvalue weighted by atomic mass is 16.5. The Hall–Kier alpha value is -0.120. The minimum absolute atomic E-state index is 0.456. The van der Waals surface area contributed by atoms with Crippen molar-refractivity contribution in [2.75, 3.05) is 32.7 Å². The van der Waals surface area contributed by atoms with Crippen LogP contribution in [0.1, 0.15) is 92.4 Å². The molecule has 3 nitrogen and oxygen atoms in total. The van der Waals surface area contributed by atoms with Crippen LogP contribution < -0.4 is 0 Å². The summed E-state index contributed by atoms with van der Waals surface area (Å²) in [6, 6.07) is 0.758. The molecule has 3 heteroatoms. The van der Waals surface area contributed by atoms with Gasteiger partial charge in [0.25, 0.3) is 0 Å². The van der Waals surface area contributed by atoms with Crippen molar-refractivity contribution in [3.05, 3.63) is 0 Å². The third kappa shape index (κ3) is 8.41. The first-order valence-electron chi connectivity index (χ1n) is 12.1. The van der Waals surface area contributed by atoms with Gasteiger partial charge in [0.1, 0.15) is 0 Å². The van der Waals surface area contributed by atoms with Crippen molar-refractivity contribution in [2.24, 2.45) is 11.8 Å². The molecule has 160 valence electrons. The molecule has 3 atom stereocenters. The second-order valence-electron chi connectivity index (χ2n) is 9.65. The van der Waals surface area contributed by atoms with Gasteiger partial charge in [0.2, 0.25) is 0 Å². The Morgan fingerprint density at radius 1 is 0.889 bits per heavy atom. The number of rotatable bonds is 11. The summed E-state index contributed by atoms with van der Waals surface area (Å²) in [6.07, 6.45) is 13.0. The zero-order valence-corrected chi connectivity index (χ0v) is 19.1. The highest BCUT2D eigenvalue weighted by Gasteiger charge is 2.24. The molecule has 0 aromatic heterocycles. The summed E-state index contributed by atoms with van der Waals surface area (Å²) >= 11 is 0. The van der Waals surface area contributed by atoms with Gasteiger partial charge in [0, 0.05) is 38.8 Å². The van der Waals surface area contributed by atoms with Crippen molar-refractivity contribution in [2.45, 2.75) is 111 Å². The largest absolute Gasteiger partial charge is 0.375 e. The lowest BCUT2D eigenvalue weighted by Crippen LogP contribution is -2.50. The third-order valence-electron chi connectivity index (χ3n) is 7.17. The van der Waals surface area contributed by atoms with Gasteiger partial charge in [0.05, 0.1) is 12.2 Å². The fraction of sp³-hybridized carbons (Fsp3) is 1.00. The van der Waals surface area contributed by atoms with Crippen LogP contribution in [-0.4, -0.2) is 60.8 Å². The first-order valence-corrected chi connectivity index (χ1v) is 12.1. The van der Waals surface area contributed by atoms with Crippen molar-refractivity contribution >= 4 is 0 Å². The van der Waals surface area contributed by atoms with Crippen molar-refractivity contribution in [1.82, 2.24) is 9.80 Å². The summed E-state index contributed by atoms with van der Waals surface area (Å²) in [4.78, 5) is 5.38. The van der Waals surface area contributed by atoms with Gasteiger partial charge in [-0.25, -0.2) is 0 Å². The molecule has 1 heterocycles. The van der Waals surface area contributed by atoms with Gasteiger partial charge in [0.15, 0.2) is 0 Å². The van der Waals surface area contributed by atoms with Crippen LogP contribution in [0.25, 0.3) is 0 Å². The average molecular weight is 381 g/mol. The van der Waals surface area contributed by atoms with Crippen LogP contribution in [0.2, 0.25) is 0 Å². The summed E-state index contributed by atoms with van der Waals surface area (Å²) in [5, 5.41) is 0. The smallest absolute Gasteiger partial charge is 0.0579 e. The molecule has 0 aromatic carbocycles. The lowest BCUT2D eigenvalue weighted by Gasteiger charge is -2.39. The molecular weight excluding hydrogens is 332 g/mol. The number of nitrogens with zero attached hydrogens (tertiary/aromatic N) is 2. The second-order valence-corrected chi connectivity index (χ2v) is 9.65.